The lowest BCUT2D eigenvalue weighted by molar-refractivity contribution is -0.132. The number of nitrogens with zero attached hydrogens (tertiary/aromatic N) is 3. The van der Waals surface area contributed by atoms with Crippen LogP contribution in [0.5, 0.6) is 0 Å². The van der Waals surface area contributed by atoms with Crippen molar-refractivity contribution >= 4 is 17.7 Å². The van der Waals surface area contributed by atoms with Crippen LogP contribution in [-0.2, 0) is 9.53 Å². The summed E-state index contributed by atoms with van der Waals surface area (Å²) in [5.74, 6) is 0.582. The molecule has 0 saturated carbocycles. The molecular weight excluding hydrogens is 382 g/mol. The lowest BCUT2D eigenvalue weighted by atomic mass is 9.90. The van der Waals surface area contributed by atoms with Crippen molar-refractivity contribution in [1.29, 1.82) is 0 Å². The summed E-state index contributed by atoms with van der Waals surface area (Å²) in [6, 6.07) is 9.11. The van der Waals surface area contributed by atoms with Crippen LogP contribution in [0.25, 0.3) is 11.1 Å². The largest absolute Gasteiger partial charge is 0.453 e. The second-order valence-corrected chi connectivity index (χ2v) is 7.61. The SMILES string of the molecule is CCC(=O)N1CCCC(C[C@H](N)c2cc(-c3ccc(NC(=O)OC)cc3)cnn2)C1. The smallest absolute Gasteiger partial charge is 0.411 e. The summed E-state index contributed by atoms with van der Waals surface area (Å²) < 4.78 is 4.60. The topological polar surface area (TPSA) is 110 Å². The van der Waals surface area contributed by atoms with E-state index in [9.17, 15) is 9.59 Å². The maximum absolute atomic E-state index is 12.0. The van der Waals surface area contributed by atoms with Gasteiger partial charge in [-0.3, -0.25) is 10.1 Å². The summed E-state index contributed by atoms with van der Waals surface area (Å²) in [4.78, 5) is 25.3. The highest BCUT2D eigenvalue weighted by atomic mass is 16.5. The normalized spacial score (nSPS) is 17.3. The number of carbonyl (C=O) groups excluding carboxylic acids is 2. The van der Waals surface area contributed by atoms with Crippen molar-refractivity contribution < 1.29 is 14.3 Å². The van der Waals surface area contributed by atoms with Crippen molar-refractivity contribution in [2.24, 2.45) is 11.7 Å². The maximum atomic E-state index is 12.0. The molecule has 3 rings (SSSR count). The zero-order chi connectivity index (χ0) is 21.5. The molecule has 2 amide bonds. The van der Waals surface area contributed by atoms with Crippen LogP contribution in [0.15, 0.2) is 36.5 Å². The molecule has 1 unspecified atom stereocenters. The third kappa shape index (κ3) is 5.54. The molecule has 1 aromatic carbocycles. The number of likely N-dealkylation sites (tertiary alicyclic amines) is 1. The Labute approximate surface area is 176 Å². The number of ether oxygens (including phenoxy) is 1. The Morgan fingerprint density at radius 1 is 1.30 bits per heavy atom. The van der Waals surface area contributed by atoms with Crippen LogP contribution in [0.2, 0.25) is 0 Å². The quantitative estimate of drug-likeness (QED) is 0.754. The molecule has 0 radical (unpaired) electrons. The van der Waals surface area contributed by atoms with E-state index in [0.29, 0.717) is 18.0 Å². The standard InChI is InChI=1S/C22H29N5O3/c1-3-21(28)27-10-4-5-15(14-27)11-19(23)20-12-17(13-24-26-20)16-6-8-18(9-7-16)25-22(29)30-2/h6-9,12-13,15,19H,3-5,10-11,14,23H2,1-2H3,(H,25,29)/t15?,19-/m0/s1. The van der Waals surface area contributed by atoms with Gasteiger partial charge in [0, 0.05) is 36.8 Å². The molecular formula is C22H29N5O3. The minimum absolute atomic E-state index is 0.209. The van der Waals surface area contributed by atoms with Crippen LogP contribution in [0.1, 0.15) is 44.3 Å². The second kappa shape index (κ2) is 10.2. The summed E-state index contributed by atoms with van der Waals surface area (Å²) in [5.41, 5.74) is 9.70. The monoisotopic (exact) mass is 411 g/mol. The molecule has 160 valence electrons. The van der Waals surface area contributed by atoms with Crippen LogP contribution in [0.3, 0.4) is 0 Å². The number of hydrogen-bond donors (Lipinski definition) is 2. The number of nitrogens with two attached hydrogens (primary N) is 1. The van der Waals surface area contributed by atoms with Gasteiger partial charge in [-0.25, -0.2) is 4.79 Å². The average Bonchev–Trinajstić information content (AvgIpc) is 2.79. The van der Waals surface area contributed by atoms with Gasteiger partial charge in [-0.2, -0.15) is 10.2 Å². The first-order valence-corrected chi connectivity index (χ1v) is 10.3. The van der Waals surface area contributed by atoms with Gasteiger partial charge < -0.3 is 15.4 Å². The minimum Gasteiger partial charge on any atom is -0.453 e. The molecule has 30 heavy (non-hydrogen) atoms. The molecule has 3 N–H and O–H groups in total. The Hall–Kier alpha value is -3.00. The summed E-state index contributed by atoms with van der Waals surface area (Å²) in [5, 5.41) is 11.0. The van der Waals surface area contributed by atoms with Crippen LogP contribution in [-0.4, -0.2) is 47.3 Å². The van der Waals surface area contributed by atoms with E-state index < -0.39 is 6.09 Å². The second-order valence-electron chi connectivity index (χ2n) is 7.61. The zero-order valence-electron chi connectivity index (χ0n) is 17.5. The van der Waals surface area contributed by atoms with E-state index in [4.69, 9.17) is 5.73 Å². The molecule has 0 bridgehead atoms. The molecule has 1 aliphatic heterocycles. The number of nitrogens with one attached hydrogen (secondary N) is 1. The van der Waals surface area contributed by atoms with Crippen molar-refractivity contribution in [2.75, 3.05) is 25.5 Å². The van der Waals surface area contributed by atoms with E-state index in [1.165, 1.54) is 7.11 Å². The third-order valence-electron chi connectivity index (χ3n) is 5.46. The van der Waals surface area contributed by atoms with Crippen LogP contribution < -0.4 is 11.1 Å². The van der Waals surface area contributed by atoms with E-state index in [0.717, 1.165) is 49.2 Å². The minimum atomic E-state index is -0.511. The fraction of sp³-hybridized carbons (Fsp3) is 0.455. The number of methoxy groups -OCH3 is 1. The highest BCUT2D eigenvalue weighted by molar-refractivity contribution is 5.85. The first-order valence-electron chi connectivity index (χ1n) is 10.3. The Morgan fingerprint density at radius 3 is 2.77 bits per heavy atom. The first kappa shape index (κ1) is 21.7. The summed E-state index contributed by atoms with van der Waals surface area (Å²) >= 11 is 0. The van der Waals surface area contributed by atoms with Crippen molar-refractivity contribution in [3.05, 3.63) is 42.2 Å². The van der Waals surface area contributed by atoms with E-state index in [-0.39, 0.29) is 11.9 Å². The van der Waals surface area contributed by atoms with Crippen LogP contribution in [0.4, 0.5) is 10.5 Å². The molecule has 2 heterocycles. The summed E-state index contributed by atoms with van der Waals surface area (Å²) in [6.45, 7) is 3.51. The van der Waals surface area contributed by atoms with Gasteiger partial charge in [0.05, 0.1) is 19.0 Å². The Balaban J connectivity index is 1.66. The number of carbonyl (C=O) groups is 2. The first-order chi connectivity index (χ1) is 14.5. The number of benzene rings is 1. The molecule has 8 nitrogen and oxygen atoms in total. The van der Waals surface area contributed by atoms with Crippen LogP contribution >= 0.6 is 0 Å². The van der Waals surface area contributed by atoms with Crippen molar-refractivity contribution in [1.82, 2.24) is 15.1 Å². The highest BCUT2D eigenvalue weighted by Gasteiger charge is 2.25. The van der Waals surface area contributed by atoms with Crippen molar-refractivity contribution in [2.45, 2.75) is 38.6 Å². The molecule has 2 atom stereocenters. The van der Waals surface area contributed by atoms with Gasteiger partial charge >= 0.3 is 6.09 Å². The molecule has 2 aromatic rings. The molecule has 8 heteroatoms. The van der Waals surface area contributed by atoms with Gasteiger partial charge in [-0.1, -0.05) is 19.1 Å². The van der Waals surface area contributed by atoms with E-state index in [1.807, 2.05) is 30.0 Å². The summed E-state index contributed by atoms with van der Waals surface area (Å²) in [6.07, 6.45) is 4.59. The highest BCUT2D eigenvalue weighted by Crippen LogP contribution is 2.28. The predicted octanol–water partition coefficient (Wildman–Crippen LogP) is 3.36. The number of hydrogen-bond acceptors (Lipinski definition) is 6. The Kier molecular flexibility index (Phi) is 7.35. The van der Waals surface area contributed by atoms with Crippen molar-refractivity contribution in [3.63, 3.8) is 0 Å². The predicted molar refractivity (Wildman–Crippen MR) is 115 cm³/mol. The van der Waals surface area contributed by atoms with E-state index >= 15 is 0 Å². The number of aromatic nitrogens is 2. The fourth-order valence-electron chi connectivity index (χ4n) is 3.82. The van der Waals surface area contributed by atoms with Gasteiger partial charge in [0.2, 0.25) is 5.91 Å². The lowest BCUT2D eigenvalue weighted by Crippen LogP contribution is -2.40. The molecule has 0 aliphatic carbocycles. The molecule has 0 spiro atoms. The third-order valence-corrected chi connectivity index (χ3v) is 5.46. The Morgan fingerprint density at radius 2 is 2.07 bits per heavy atom. The molecule has 1 aliphatic rings. The molecule has 1 aromatic heterocycles. The Bertz CT molecular complexity index is 871. The number of anilines is 1. The van der Waals surface area contributed by atoms with E-state index in [2.05, 4.69) is 20.3 Å². The lowest BCUT2D eigenvalue weighted by Gasteiger charge is -2.33. The van der Waals surface area contributed by atoms with Gasteiger partial charge in [-0.15, -0.1) is 0 Å². The number of amides is 2. The number of piperidine rings is 1. The molecule has 1 saturated heterocycles. The molecule has 1 fully saturated rings. The summed E-state index contributed by atoms with van der Waals surface area (Å²) in [7, 11) is 1.32. The van der Waals surface area contributed by atoms with E-state index in [1.54, 1.807) is 18.3 Å². The van der Waals surface area contributed by atoms with Gasteiger partial charge in [0.25, 0.3) is 0 Å². The average molecular weight is 412 g/mol. The van der Waals surface area contributed by atoms with Gasteiger partial charge in [0.1, 0.15) is 0 Å². The maximum Gasteiger partial charge on any atom is 0.411 e. The van der Waals surface area contributed by atoms with Gasteiger partial charge in [-0.05, 0) is 48.9 Å². The zero-order valence-corrected chi connectivity index (χ0v) is 17.5. The van der Waals surface area contributed by atoms with Crippen molar-refractivity contribution in [3.8, 4) is 11.1 Å². The van der Waals surface area contributed by atoms with Crippen LogP contribution in [0, 0.1) is 5.92 Å². The number of rotatable bonds is 6. The van der Waals surface area contributed by atoms with Gasteiger partial charge in [0.15, 0.2) is 0 Å². The fourth-order valence-corrected chi connectivity index (χ4v) is 3.82.